The summed E-state index contributed by atoms with van der Waals surface area (Å²) in [5, 5.41) is 0. The van der Waals surface area contributed by atoms with Gasteiger partial charge in [0.25, 0.3) is 0 Å². The van der Waals surface area contributed by atoms with E-state index in [0.717, 1.165) is 16.7 Å². The van der Waals surface area contributed by atoms with Crippen LogP contribution in [0.1, 0.15) is 23.6 Å². The third kappa shape index (κ3) is 8.13. The van der Waals surface area contributed by atoms with Gasteiger partial charge in [0.15, 0.2) is 0 Å². The molecule has 190 valence electrons. The van der Waals surface area contributed by atoms with Crippen LogP contribution in [0.2, 0.25) is 0 Å². The molecule has 1 aliphatic rings. The van der Waals surface area contributed by atoms with Crippen molar-refractivity contribution in [3.05, 3.63) is 108 Å². The number of thiocarbonyl (C=S) groups is 1. The summed E-state index contributed by atoms with van der Waals surface area (Å²) in [5.41, 5.74) is 2.90. The zero-order valence-electron chi connectivity index (χ0n) is 20.4. The Morgan fingerprint density at radius 1 is 0.750 bits per heavy atom. The molecule has 36 heavy (non-hydrogen) atoms. The Morgan fingerprint density at radius 2 is 1.25 bits per heavy atom. The Hall–Kier alpha value is -2.26. The summed E-state index contributed by atoms with van der Waals surface area (Å²) in [5.74, 6) is 0. The lowest BCUT2D eigenvalue weighted by Crippen LogP contribution is -2.38. The molecule has 5 nitrogen and oxygen atoms in total. The molecule has 0 unspecified atom stereocenters. The molecule has 0 bridgehead atoms. The first-order valence-electron chi connectivity index (χ1n) is 12.1. The van der Waals surface area contributed by atoms with E-state index < -0.39 is 0 Å². The maximum absolute atomic E-state index is 6.45. The molecule has 1 aliphatic heterocycles. The number of rotatable bonds is 12. The van der Waals surface area contributed by atoms with Gasteiger partial charge in [0.1, 0.15) is 23.7 Å². The monoisotopic (exact) mass is 524 g/mol. The molecule has 7 heteroatoms. The zero-order valence-corrected chi connectivity index (χ0v) is 22.0. The minimum absolute atomic E-state index is 0.319. The summed E-state index contributed by atoms with van der Waals surface area (Å²) in [7, 11) is 0. The van der Waals surface area contributed by atoms with Crippen LogP contribution in [0.5, 0.6) is 0 Å². The molecule has 3 aromatic rings. The molecule has 3 aromatic carbocycles. The number of ether oxygens (including phenoxy) is 5. The van der Waals surface area contributed by atoms with Crippen LogP contribution < -0.4 is 0 Å². The molecule has 0 saturated carbocycles. The van der Waals surface area contributed by atoms with Crippen molar-refractivity contribution in [3.63, 3.8) is 0 Å². The van der Waals surface area contributed by atoms with Crippen LogP contribution in [0.15, 0.2) is 91.0 Å². The molecular weight excluding hydrogens is 492 g/mol. The van der Waals surface area contributed by atoms with Crippen LogP contribution in [0.3, 0.4) is 0 Å². The summed E-state index contributed by atoms with van der Waals surface area (Å²) in [4.78, 5) is 0. The van der Waals surface area contributed by atoms with Crippen molar-refractivity contribution in [1.82, 2.24) is 0 Å². The van der Waals surface area contributed by atoms with E-state index in [2.05, 4.69) is 0 Å². The van der Waals surface area contributed by atoms with E-state index in [-0.39, 0.29) is 23.7 Å². The first-order valence-corrected chi connectivity index (χ1v) is 13.4. The summed E-state index contributed by atoms with van der Waals surface area (Å²) in [6.07, 6.45) is -1.02. The van der Waals surface area contributed by atoms with E-state index in [1.54, 1.807) is 0 Å². The van der Waals surface area contributed by atoms with Crippen molar-refractivity contribution < 1.29 is 23.7 Å². The first-order chi connectivity index (χ1) is 17.7. The SMILES string of the molecule is CCOC(=S)S[C@@H]1O[C@H](COCc2ccccc2)[C@H](OCc2ccccc2)[C@H]1OCc1ccccc1. The lowest BCUT2D eigenvalue weighted by atomic mass is 10.1. The van der Waals surface area contributed by atoms with Crippen molar-refractivity contribution in [2.75, 3.05) is 13.2 Å². The van der Waals surface area contributed by atoms with Gasteiger partial charge in [-0.25, -0.2) is 0 Å². The van der Waals surface area contributed by atoms with Crippen LogP contribution in [0, 0.1) is 0 Å². The highest BCUT2D eigenvalue weighted by atomic mass is 32.2. The molecule has 4 rings (SSSR count). The summed E-state index contributed by atoms with van der Waals surface area (Å²) in [6, 6.07) is 30.3. The van der Waals surface area contributed by atoms with Gasteiger partial charge in [-0.2, -0.15) is 0 Å². The van der Waals surface area contributed by atoms with E-state index in [0.29, 0.717) is 37.4 Å². The Bertz CT molecular complexity index is 1040. The largest absolute Gasteiger partial charge is 0.479 e. The van der Waals surface area contributed by atoms with Gasteiger partial charge in [-0.1, -0.05) is 91.0 Å². The quantitative estimate of drug-likeness (QED) is 0.263. The normalized spacial score (nSPS) is 21.4. The smallest absolute Gasteiger partial charge is 0.222 e. The predicted molar refractivity (Wildman–Crippen MR) is 147 cm³/mol. The lowest BCUT2D eigenvalue weighted by molar-refractivity contribution is -0.0895. The van der Waals surface area contributed by atoms with E-state index in [4.69, 9.17) is 35.9 Å². The van der Waals surface area contributed by atoms with Gasteiger partial charge < -0.3 is 23.7 Å². The third-order valence-electron chi connectivity index (χ3n) is 5.71. The first kappa shape index (κ1) is 26.8. The van der Waals surface area contributed by atoms with E-state index in [1.807, 2.05) is 97.9 Å². The van der Waals surface area contributed by atoms with Crippen molar-refractivity contribution >= 4 is 28.4 Å². The van der Waals surface area contributed by atoms with E-state index in [9.17, 15) is 0 Å². The second-order valence-electron chi connectivity index (χ2n) is 8.37. The van der Waals surface area contributed by atoms with Crippen molar-refractivity contribution in [2.45, 2.75) is 50.5 Å². The molecule has 0 radical (unpaired) electrons. The van der Waals surface area contributed by atoms with Gasteiger partial charge in [0, 0.05) is 0 Å². The summed E-state index contributed by atoms with van der Waals surface area (Å²) >= 11 is 6.78. The molecule has 1 fully saturated rings. The highest BCUT2D eigenvalue weighted by Crippen LogP contribution is 2.35. The molecule has 4 atom stereocenters. The van der Waals surface area contributed by atoms with Crippen LogP contribution >= 0.6 is 24.0 Å². The Kier molecular flexibility index (Phi) is 10.8. The van der Waals surface area contributed by atoms with Gasteiger partial charge in [0.05, 0.1) is 33.0 Å². The molecular formula is C29H32O5S2. The molecule has 0 amide bonds. The lowest BCUT2D eigenvalue weighted by Gasteiger charge is -2.25. The second kappa shape index (κ2) is 14.5. The second-order valence-corrected chi connectivity index (χ2v) is 10.1. The molecule has 0 spiro atoms. The molecule has 1 heterocycles. The molecule has 1 saturated heterocycles. The van der Waals surface area contributed by atoms with Gasteiger partial charge in [-0.05, 0) is 47.6 Å². The van der Waals surface area contributed by atoms with Gasteiger partial charge in [-0.3, -0.25) is 0 Å². The average molecular weight is 525 g/mol. The minimum Gasteiger partial charge on any atom is -0.479 e. The van der Waals surface area contributed by atoms with Gasteiger partial charge in [0.2, 0.25) is 4.38 Å². The van der Waals surface area contributed by atoms with Crippen molar-refractivity contribution in [1.29, 1.82) is 0 Å². The number of hydrogen-bond acceptors (Lipinski definition) is 7. The Morgan fingerprint density at radius 3 is 1.78 bits per heavy atom. The highest BCUT2D eigenvalue weighted by molar-refractivity contribution is 8.22. The fraction of sp³-hybridized carbons (Fsp3) is 0.345. The Balaban J connectivity index is 1.49. The van der Waals surface area contributed by atoms with Crippen molar-refractivity contribution in [3.8, 4) is 0 Å². The van der Waals surface area contributed by atoms with Crippen LogP contribution in [0.25, 0.3) is 0 Å². The van der Waals surface area contributed by atoms with Gasteiger partial charge >= 0.3 is 0 Å². The van der Waals surface area contributed by atoms with Gasteiger partial charge in [-0.15, -0.1) is 0 Å². The zero-order chi connectivity index (χ0) is 25.0. The minimum atomic E-state index is -0.376. The fourth-order valence-electron chi connectivity index (χ4n) is 3.95. The number of benzene rings is 3. The van der Waals surface area contributed by atoms with E-state index in [1.165, 1.54) is 11.8 Å². The van der Waals surface area contributed by atoms with Crippen LogP contribution in [-0.2, 0) is 43.5 Å². The van der Waals surface area contributed by atoms with Crippen molar-refractivity contribution in [2.24, 2.45) is 0 Å². The molecule has 0 N–H and O–H groups in total. The maximum Gasteiger partial charge on any atom is 0.222 e. The van der Waals surface area contributed by atoms with Crippen LogP contribution in [0.4, 0.5) is 0 Å². The standard InChI is InChI=1S/C29H32O5S2/c1-2-31-29(35)36-28-27(33-20-24-16-10-5-11-17-24)26(32-19-23-14-8-4-9-15-23)25(34-28)21-30-18-22-12-6-3-7-13-22/h3-17,25-28H,2,18-21H2,1H3/t25-,26+,27-,28+/m1/s1. The van der Waals surface area contributed by atoms with E-state index >= 15 is 0 Å². The predicted octanol–water partition coefficient (Wildman–Crippen LogP) is 6.15. The molecule has 0 aliphatic carbocycles. The van der Waals surface area contributed by atoms with Crippen LogP contribution in [-0.4, -0.2) is 41.3 Å². The topological polar surface area (TPSA) is 46.2 Å². The molecule has 0 aromatic heterocycles. The third-order valence-corrected chi connectivity index (χ3v) is 7.03. The fourth-order valence-corrected chi connectivity index (χ4v) is 5.29. The highest BCUT2D eigenvalue weighted by Gasteiger charge is 2.47. The number of thioether (sulfide) groups is 1. The summed E-state index contributed by atoms with van der Waals surface area (Å²) in [6.45, 7) is 4.18. The Labute approximate surface area is 223 Å². The average Bonchev–Trinajstić information content (AvgIpc) is 3.23. The maximum atomic E-state index is 6.45. The number of hydrogen-bond donors (Lipinski definition) is 0. The summed E-state index contributed by atoms with van der Waals surface area (Å²) < 4.78 is 31.4.